The molecule has 0 aliphatic rings. The second-order valence-corrected chi connectivity index (χ2v) is 10.1. The normalized spacial score (nSPS) is 13.2. The summed E-state index contributed by atoms with van der Waals surface area (Å²) in [4.78, 5) is 18.0. The predicted molar refractivity (Wildman–Crippen MR) is 116 cm³/mol. The molecule has 0 unspecified atom stereocenters. The molecule has 166 valence electrons. The number of aliphatic hydroxyl groups excluding tert-OH is 1. The number of nitrogens with one attached hydrogen (secondary N) is 1. The number of hydrogen-bond donors (Lipinski definition) is 2. The van der Waals surface area contributed by atoms with Gasteiger partial charge in [0.25, 0.3) is 0 Å². The summed E-state index contributed by atoms with van der Waals surface area (Å²) >= 11 is 0. The summed E-state index contributed by atoms with van der Waals surface area (Å²) in [5, 5.41) is 10.9. The zero-order chi connectivity index (χ0) is 22.4. The Kier molecular flexibility index (Phi) is 8.17. The van der Waals surface area contributed by atoms with E-state index in [4.69, 9.17) is 4.74 Å². The highest BCUT2D eigenvalue weighted by Gasteiger charge is 2.23. The minimum Gasteiger partial charge on any atom is -0.444 e. The third kappa shape index (κ3) is 7.23. The molecule has 2 N–H and O–H groups in total. The van der Waals surface area contributed by atoms with E-state index in [1.165, 1.54) is 4.90 Å². The van der Waals surface area contributed by atoms with E-state index in [9.17, 15) is 18.3 Å². The number of carbonyl (C=O) groups is 1. The molecule has 2 aromatic rings. The summed E-state index contributed by atoms with van der Waals surface area (Å²) in [7, 11) is -3.64. The van der Waals surface area contributed by atoms with E-state index in [0.29, 0.717) is 13.0 Å². The molecule has 1 aromatic heterocycles. The van der Waals surface area contributed by atoms with Crippen LogP contribution in [0, 0.1) is 5.92 Å². The average molecular weight is 438 g/mol. The molecule has 1 aromatic carbocycles. The fourth-order valence-corrected chi connectivity index (χ4v) is 4.01. The van der Waals surface area contributed by atoms with Crippen molar-refractivity contribution >= 4 is 26.9 Å². The van der Waals surface area contributed by atoms with Crippen molar-refractivity contribution in [3.63, 3.8) is 0 Å². The number of rotatable bonds is 9. The van der Waals surface area contributed by atoms with Crippen LogP contribution < -0.4 is 4.72 Å². The van der Waals surface area contributed by atoms with Gasteiger partial charge in [-0.25, -0.2) is 17.9 Å². The summed E-state index contributed by atoms with van der Waals surface area (Å²) in [5.74, 6) is 0.00875. The van der Waals surface area contributed by atoms with Gasteiger partial charge in [0.1, 0.15) is 5.60 Å². The number of pyridine rings is 1. The molecule has 9 heteroatoms. The van der Waals surface area contributed by atoms with Gasteiger partial charge in [-0.05, 0) is 56.7 Å². The maximum Gasteiger partial charge on any atom is 0.410 e. The van der Waals surface area contributed by atoms with Gasteiger partial charge in [0.15, 0.2) is 0 Å². The third-order valence-electron chi connectivity index (χ3n) is 4.41. The van der Waals surface area contributed by atoms with Crippen LogP contribution in [0.25, 0.3) is 10.8 Å². The van der Waals surface area contributed by atoms with Crippen LogP contribution in [0.3, 0.4) is 0 Å². The average Bonchev–Trinajstić information content (AvgIpc) is 2.65. The zero-order valence-corrected chi connectivity index (χ0v) is 18.8. The molecule has 0 spiro atoms. The lowest BCUT2D eigenvalue weighted by Crippen LogP contribution is -2.41. The third-order valence-corrected chi connectivity index (χ3v) is 5.86. The van der Waals surface area contributed by atoms with Crippen LogP contribution in [0.4, 0.5) is 4.79 Å². The number of benzene rings is 1. The van der Waals surface area contributed by atoms with Gasteiger partial charge in [-0.1, -0.05) is 13.0 Å². The second kappa shape index (κ2) is 10.2. The number of amides is 1. The van der Waals surface area contributed by atoms with Crippen molar-refractivity contribution in [2.24, 2.45) is 5.92 Å². The maximum absolute atomic E-state index is 12.6. The first-order chi connectivity index (χ1) is 14.0. The topological polar surface area (TPSA) is 109 Å². The summed E-state index contributed by atoms with van der Waals surface area (Å²) in [5.41, 5.74) is -0.625. The molecule has 1 heterocycles. The van der Waals surface area contributed by atoms with Crippen molar-refractivity contribution in [1.82, 2.24) is 14.6 Å². The van der Waals surface area contributed by atoms with E-state index in [0.717, 1.165) is 10.8 Å². The zero-order valence-electron chi connectivity index (χ0n) is 18.0. The highest BCUT2D eigenvalue weighted by molar-refractivity contribution is 7.89. The quantitative estimate of drug-likeness (QED) is 0.624. The molecule has 0 bridgehead atoms. The first kappa shape index (κ1) is 24.0. The van der Waals surface area contributed by atoms with Gasteiger partial charge >= 0.3 is 6.09 Å². The lowest BCUT2D eigenvalue weighted by molar-refractivity contribution is 0.0190. The molecule has 30 heavy (non-hydrogen) atoms. The van der Waals surface area contributed by atoms with Crippen LogP contribution in [-0.2, 0) is 14.8 Å². The van der Waals surface area contributed by atoms with Gasteiger partial charge in [-0.2, -0.15) is 0 Å². The molecule has 8 nitrogen and oxygen atoms in total. The van der Waals surface area contributed by atoms with E-state index < -0.39 is 21.7 Å². The minimum absolute atomic E-state index is 0.00875. The number of fused-ring (bicyclic) bond motifs is 1. The lowest BCUT2D eigenvalue weighted by Gasteiger charge is -2.29. The van der Waals surface area contributed by atoms with Gasteiger partial charge in [0.2, 0.25) is 10.0 Å². The molecule has 1 atom stereocenters. The van der Waals surface area contributed by atoms with Crippen molar-refractivity contribution in [3.05, 3.63) is 36.7 Å². The van der Waals surface area contributed by atoms with Crippen LogP contribution in [0.2, 0.25) is 0 Å². The Labute approximate surface area is 178 Å². The smallest absolute Gasteiger partial charge is 0.410 e. The van der Waals surface area contributed by atoms with Gasteiger partial charge in [0, 0.05) is 37.4 Å². The fraction of sp³-hybridized carbons (Fsp3) is 0.524. The highest BCUT2D eigenvalue weighted by Crippen LogP contribution is 2.18. The predicted octanol–water partition coefficient (Wildman–Crippen LogP) is 2.77. The van der Waals surface area contributed by atoms with Crippen molar-refractivity contribution in [1.29, 1.82) is 0 Å². The van der Waals surface area contributed by atoms with Crippen LogP contribution >= 0.6 is 0 Å². The van der Waals surface area contributed by atoms with Crippen LogP contribution in [-0.4, -0.2) is 61.3 Å². The molecule has 0 aliphatic heterocycles. The first-order valence-electron chi connectivity index (χ1n) is 9.94. The molecule has 0 fully saturated rings. The Hall–Kier alpha value is -2.23. The molecule has 0 saturated heterocycles. The highest BCUT2D eigenvalue weighted by atomic mass is 32.2. The van der Waals surface area contributed by atoms with Crippen LogP contribution in [0.1, 0.15) is 34.1 Å². The lowest BCUT2D eigenvalue weighted by atomic mass is 10.1. The summed E-state index contributed by atoms with van der Waals surface area (Å²) in [6.45, 7) is 7.86. The van der Waals surface area contributed by atoms with E-state index in [-0.39, 0.29) is 30.5 Å². The van der Waals surface area contributed by atoms with E-state index >= 15 is 0 Å². The number of hydrogen-bond acceptors (Lipinski definition) is 6. The molecular weight excluding hydrogens is 406 g/mol. The molecule has 1 amide bonds. The Balaban J connectivity index is 1.92. The van der Waals surface area contributed by atoms with Gasteiger partial charge in [-0.3, -0.25) is 4.98 Å². The van der Waals surface area contributed by atoms with Crippen LogP contribution in [0.15, 0.2) is 41.6 Å². The minimum atomic E-state index is -3.64. The Morgan fingerprint density at radius 1 is 1.27 bits per heavy atom. The van der Waals surface area contributed by atoms with Crippen molar-refractivity contribution < 1.29 is 23.1 Å². The molecule has 2 rings (SSSR count). The fourth-order valence-electron chi connectivity index (χ4n) is 2.92. The number of aromatic nitrogens is 1. The first-order valence-corrected chi connectivity index (χ1v) is 11.4. The number of aliphatic hydroxyl groups is 1. The molecule has 0 aliphatic carbocycles. The summed E-state index contributed by atoms with van der Waals surface area (Å²) in [6, 6.07) is 6.67. The number of sulfonamides is 1. The SMILES string of the molecule is C[C@H](CCNS(=O)(=O)c1ccc2cnccc2c1)CN(CCO)C(=O)OC(C)(C)C. The Morgan fingerprint density at radius 3 is 2.67 bits per heavy atom. The molecular formula is C21H31N3O5S. The van der Waals surface area contributed by atoms with Gasteiger partial charge < -0.3 is 14.7 Å². The van der Waals surface area contributed by atoms with E-state index in [1.54, 1.807) is 57.4 Å². The Bertz CT molecular complexity index is 957. The van der Waals surface area contributed by atoms with Crippen LogP contribution in [0.5, 0.6) is 0 Å². The van der Waals surface area contributed by atoms with Gasteiger partial charge in [-0.15, -0.1) is 0 Å². The maximum atomic E-state index is 12.6. The van der Waals surface area contributed by atoms with Gasteiger partial charge in [0.05, 0.1) is 11.5 Å². The molecule has 0 saturated carbocycles. The van der Waals surface area contributed by atoms with Crippen molar-refractivity contribution in [2.75, 3.05) is 26.2 Å². The van der Waals surface area contributed by atoms with E-state index in [2.05, 4.69) is 9.71 Å². The number of ether oxygens (including phenoxy) is 1. The van der Waals surface area contributed by atoms with Crippen molar-refractivity contribution in [2.45, 2.75) is 44.6 Å². The standard InChI is InChI=1S/C21H31N3O5S/c1-16(15-24(11-12-25)20(26)29-21(2,3)4)7-10-23-30(27,28)19-6-5-18-14-22-9-8-17(18)13-19/h5-6,8-9,13-14,16,23,25H,7,10-12,15H2,1-4H3/t16-/m1/s1. The number of nitrogens with zero attached hydrogens (tertiary/aromatic N) is 2. The monoisotopic (exact) mass is 437 g/mol. The molecule has 0 radical (unpaired) electrons. The second-order valence-electron chi connectivity index (χ2n) is 8.33. The van der Waals surface area contributed by atoms with E-state index in [1.807, 2.05) is 6.92 Å². The number of carbonyl (C=O) groups excluding carboxylic acids is 1. The Morgan fingerprint density at radius 2 is 2.00 bits per heavy atom. The summed E-state index contributed by atoms with van der Waals surface area (Å²) in [6.07, 6.45) is 3.34. The summed E-state index contributed by atoms with van der Waals surface area (Å²) < 4.78 is 33.2. The largest absolute Gasteiger partial charge is 0.444 e. The van der Waals surface area contributed by atoms with Crippen molar-refractivity contribution in [3.8, 4) is 0 Å².